The van der Waals surface area contributed by atoms with Crippen LogP contribution in [0.3, 0.4) is 0 Å². The lowest BCUT2D eigenvalue weighted by Crippen LogP contribution is -2.53. The fourth-order valence-corrected chi connectivity index (χ4v) is 10.2. The SMILES string of the molecule is C[Si](C)(C)OC(CC([SiH3])(O[Si](C)(C)C)O[Si](C)(C)C)N=C=O. The smallest absolute Gasteiger partial charge is 0.237 e. The molecular formula is C13H33NO4Si4. The van der Waals surface area contributed by atoms with Crippen LogP contribution >= 0.6 is 0 Å². The van der Waals surface area contributed by atoms with Crippen molar-refractivity contribution in [1.29, 1.82) is 0 Å². The van der Waals surface area contributed by atoms with Gasteiger partial charge in [-0.25, -0.2) is 4.79 Å². The van der Waals surface area contributed by atoms with Crippen LogP contribution in [0.25, 0.3) is 0 Å². The number of isocyanates is 1. The molecule has 1 unspecified atom stereocenters. The van der Waals surface area contributed by atoms with E-state index < -0.39 is 36.6 Å². The summed E-state index contributed by atoms with van der Waals surface area (Å²) >= 11 is 0. The fraction of sp³-hybridized carbons (Fsp3) is 0.923. The van der Waals surface area contributed by atoms with E-state index in [0.29, 0.717) is 16.7 Å². The Morgan fingerprint density at radius 2 is 1.36 bits per heavy atom. The molecule has 0 N–H and O–H groups in total. The highest BCUT2D eigenvalue weighted by atomic mass is 28.4. The van der Waals surface area contributed by atoms with Gasteiger partial charge in [-0.2, -0.15) is 4.99 Å². The number of rotatable bonds is 9. The number of aliphatic imine (C=N–C) groups is 1. The second-order valence-corrected chi connectivity index (χ2v) is 23.5. The zero-order valence-corrected chi connectivity index (χ0v) is 20.9. The lowest BCUT2D eigenvalue weighted by molar-refractivity contribution is -0.0778. The largest absolute Gasteiger partial charge is 0.396 e. The van der Waals surface area contributed by atoms with E-state index in [1.54, 1.807) is 6.08 Å². The molecule has 5 nitrogen and oxygen atoms in total. The summed E-state index contributed by atoms with van der Waals surface area (Å²) in [4.78, 5) is 14.6. The Balaban J connectivity index is 5.34. The molecule has 0 aromatic heterocycles. The van der Waals surface area contributed by atoms with Crippen molar-refractivity contribution in [2.45, 2.75) is 77.0 Å². The predicted octanol–water partition coefficient (Wildman–Crippen LogP) is 2.61. The zero-order chi connectivity index (χ0) is 17.8. The molecule has 130 valence electrons. The van der Waals surface area contributed by atoms with Crippen molar-refractivity contribution in [3.8, 4) is 0 Å². The van der Waals surface area contributed by atoms with Crippen molar-refractivity contribution in [3.05, 3.63) is 0 Å². The lowest BCUT2D eigenvalue weighted by atomic mass is 10.4. The Bertz CT molecular complexity index is 390. The Hall–Kier alpha value is 0.128. The average Bonchev–Trinajstić information content (AvgIpc) is 2.06. The number of hydrogen-bond acceptors (Lipinski definition) is 5. The quantitative estimate of drug-likeness (QED) is 0.267. The standard InChI is InChI=1S/C13H33NO4Si4/c1-20(2,3)16-12(14-11-15)10-13(19,17-21(4,5)6)18-22(7,8)9/h12H,10H2,1-9,19H3. The first-order valence-electron chi connectivity index (χ1n) is 7.70. The molecule has 0 rings (SSSR count). The van der Waals surface area contributed by atoms with E-state index in [4.69, 9.17) is 13.3 Å². The molecule has 1 atom stereocenters. The minimum absolute atomic E-state index is 0.466. The molecule has 0 aliphatic rings. The molecular weight excluding hydrogens is 346 g/mol. The molecule has 0 saturated heterocycles. The summed E-state index contributed by atoms with van der Waals surface area (Å²) in [6, 6.07) is 0. The van der Waals surface area contributed by atoms with Crippen LogP contribution in [0.15, 0.2) is 4.99 Å². The van der Waals surface area contributed by atoms with Gasteiger partial charge in [0.1, 0.15) is 5.41 Å². The third-order valence-corrected chi connectivity index (χ3v) is 6.98. The minimum Gasteiger partial charge on any atom is -0.396 e. The summed E-state index contributed by atoms with van der Waals surface area (Å²) in [5.41, 5.74) is -0.653. The first kappa shape index (κ1) is 22.1. The summed E-state index contributed by atoms with van der Waals surface area (Å²) in [6.07, 6.45) is 1.57. The minimum atomic E-state index is -1.82. The molecule has 0 heterocycles. The lowest BCUT2D eigenvalue weighted by Gasteiger charge is -2.42. The first-order chi connectivity index (χ1) is 9.55. The second kappa shape index (κ2) is 7.80. The van der Waals surface area contributed by atoms with E-state index in [2.05, 4.69) is 63.9 Å². The molecule has 0 aliphatic carbocycles. The molecule has 0 aliphatic heterocycles. The van der Waals surface area contributed by atoms with Crippen LogP contribution in [-0.4, -0.2) is 52.9 Å². The monoisotopic (exact) mass is 379 g/mol. The van der Waals surface area contributed by atoms with Gasteiger partial charge in [0.15, 0.2) is 31.2 Å². The van der Waals surface area contributed by atoms with Crippen molar-refractivity contribution < 1.29 is 18.1 Å². The van der Waals surface area contributed by atoms with Crippen LogP contribution < -0.4 is 0 Å². The topological polar surface area (TPSA) is 57.1 Å². The maximum absolute atomic E-state index is 10.7. The molecule has 0 spiro atoms. The van der Waals surface area contributed by atoms with Gasteiger partial charge in [-0.1, -0.05) is 0 Å². The van der Waals surface area contributed by atoms with E-state index in [0.717, 1.165) is 0 Å². The van der Waals surface area contributed by atoms with Crippen LogP contribution in [0.1, 0.15) is 6.42 Å². The zero-order valence-electron chi connectivity index (χ0n) is 15.9. The van der Waals surface area contributed by atoms with Crippen LogP contribution in [-0.2, 0) is 18.1 Å². The van der Waals surface area contributed by atoms with Crippen molar-refractivity contribution in [3.63, 3.8) is 0 Å². The number of nitrogens with zero attached hydrogens (tertiary/aromatic N) is 1. The van der Waals surface area contributed by atoms with Gasteiger partial charge in [0, 0.05) is 6.42 Å². The van der Waals surface area contributed by atoms with Gasteiger partial charge < -0.3 is 13.3 Å². The third kappa shape index (κ3) is 11.7. The van der Waals surface area contributed by atoms with E-state index in [-0.39, 0.29) is 0 Å². The summed E-state index contributed by atoms with van der Waals surface area (Å²) < 4.78 is 18.7. The maximum Gasteiger partial charge on any atom is 0.237 e. The van der Waals surface area contributed by atoms with Gasteiger partial charge >= 0.3 is 0 Å². The molecule has 9 heteroatoms. The van der Waals surface area contributed by atoms with Gasteiger partial charge in [0.2, 0.25) is 6.08 Å². The molecule has 22 heavy (non-hydrogen) atoms. The third-order valence-electron chi connectivity index (χ3n) is 2.28. The first-order valence-corrected chi connectivity index (χ1v) is 18.9. The Labute approximate surface area is 141 Å². The van der Waals surface area contributed by atoms with Crippen molar-refractivity contribution in [2.24, 2.45) is 4.99 Å². The molecule has 0 fully saturated rings. The summed E-state index contributed by atoms with van der Waals surface area (Å²) in [5.74, 6) is 0. The van der Waals surface area contributed by atoms with Crippen LogP contribution in [0.5, 0.6) is 0 Å². The van der Waals surface area contributed by atoms with Crippen molar-refractivity contribution in [2.75, 3.05) is 0 Å². The van der Waals surface area contributed by atoms with Crippen LogP contribution in [0.4, 0.5) is 0 Å². The van der Waals surface area contributed by atoms with E-state index in [1.165, 1.54) is 0 Å². The Morgan fingerprint density at radius 3 is 1.64 bits per heavy atom. The van der Waals surface area contributed by atoms with Crippen LogP contribution in [0, 0.1) is 0 Å². The molecule has 0 bridgehead atoms. The molecule has 0 radical (unpaired) electrons. The van der Waals surface area contributed by atoms with Gasteiger partial charge in [0.05, 0.1) is 10.2 Å². The normalized spacial score (nSPS) is 15.5. The van der Waals surface area contributed by atoms with E-state index in [1.807, 2.05) is 0 Å². The molecule has 0 aromatic carbocycles. The highest BCUT2D eigenvalue weighted by molar-refractivity contribution is 6.71. The van der Waals surface area contributed by atoms with Crippen molar-refractivity contribution >= 4 is 41.3 Å². The molecule has 0 aromatic rings. The van der Waals surface area contributed by atoms with Gasteiger partial charge in [-0.15, -0.1) is 0 Å². The van der Waals surface area contributed by atoms with Gasteiger partial charge in [-0.3, -0.25) is 0 Å². The van der Waals surface area contributed by atoms with Gasteiger partial charge in [0.25, 0.3) is 0 Å². The summed E-state index contributed by atoms with van der Waals surface area (Å²) in [6.45, 7) is 19.1. The van der Waals surface area contributed by atoms with Crippen molar-refractivity contribution in [1.82, 2.24) is 0 Å². The highest BCUT2D eigenvalue weighted by Gasteiger charge is 2.39. The summed E-state index contributed by atoms with van der Waals surface area (Å²) in [5, 5.41) is 0. The Morgan fingerprint density at radius 1 is 0.955 bits per heavy atom. The predicted molar refractivity (Wildman–Crippen MR) is 102 cm³/mol. The maximum atomic E-state index is 10.7. The highest BCUT2D eigenvalue weighted by Crippen LogP contribution is 2.28. The molecule has 0 saturated carbocycles. The van der Waals surface area contributed by atoms with Crippen LogP contribution in [0.2, 0.25) is 58.9 Å². The van der Waals surface area contributed by atoms with E-state index in [9.17, 15) is 4.79 Å². The van der Waals surface area contributed by atoms with Gasteiger partial charge in [-0.05, 0) is 58.9 Å². The average molecular weight is 380 g/mol. The molecule has 0 amide bonds. The number of carbonyl (C=O) groups excluding carboxylic acids is 1. The second-order valence-electron chi connectivity index (χ2n) is 8.67. The number of hydrogen-bond donors (Lipinski definition) is 0. The Kier molecular flexibility index (Phi) is 7.84. The summed E-state index contributed by atoms with van der Waals surface area (Å²) in [7, 11) is -4.71. The fourth-order valence-electron chi connectivity index (χ4n) is 2.30. The van der Waals surface area contributed by atoms with E-state index >= 15 is 0 Å².